The summed E-state index contributed by atoms with van der Waals surface area (Å²) in [6.07, 6.45) is 12.2. The van der Waals surface area contributed by atoms with Gasteiger partial charge in [-0.1, -0.05) is 31.6 Å². The Morgan fingerprint density at radius 2 is 1.65 bits per heavy atom. The van der Waals surface area contributed by atoms with Crippen LogP contribution >= 0.6 is 0 Å². The van der Waals surface area contributed by atoms with Crippen LogP contribution in [0.4, 0.5) is 0 Å². The summed E-state index contributed by atoms with van der Waals surface area (Å²) in [5.41, 5.74) is 2.50. The van der Waals surface area contributed by atoms with Crippen molar-refractivity contribution in [2.45, 2.75) is 59.3 Å². The van der Waals surface area contributed by atoms with Crippen LogP contribution in [0.1, 0.15) is 59.3 Å². The van der Waals surface area contributed by atoms with Gasteiger partial charge in [0.15, 0.2) is 0 Å². The third-order valence-corrected chi connectivity index (χ3v) is 4.07. The van der Waals surface area contributed by atoms with Gasteiger partial charge in [0.2, 0.25) is 0 Å². The third kappa shape index (κ3) is 5.34. The lowest BCUT2D eigenvalue weighted by Crippen LogP contribution is -2.09. The highest BCUT2D eigenvalue weighted by atomic mass is 16.1. The zero-order valence-electron chi connectivity index (χ0n) is 11.5. The molecule has 17 heavy (non-hydrogen) atoms. The Balaban J connectivity index is 2.69. The van der Waals surface area contributed by atoms with Crippen molar-refractivity contribution in [3.63, 3.8) is 0 Å². The summed E-state index contributed by atoms with van der Waals surface area (Å²) in [6.45, 7) is 6.89. The first-order valence-electron chi connectivity index (χ1n) is 6.93. The van der Waals surface area contributed by atoms with Crippen LogP contribution in [0.15, 0.2) is 23.3 Å². The third-order valence-electron chi connectivity index (χ3n) is 4.07. The Morgan fingerprint density at radius 3 is 2.29 bits per heavy atom. The van der Waals surface area contributed by atoms with Gasteiger partial charge in [-0.15, -0.1) is 0 Å². The number of hydrogen-bond donors (Lipinski definition) is 0. The highest BCUT2D eigenvalue weighted by Crippen LogP contribution is 2.25. The molecule has 0 spiro atoms. The normalized spacial score (nSPS) is 34.5. The van der Waals surface area contributed by atoms with E-state index in [2.05, 4.69) is 32.9 Å². The van der Waals surface area contributed by atoms with Crippen LogP contribution in [0.25, 0.3) is 0 Å². The van der Waals surface area contributed by atoms with Gasteiger partial charge >= 0.3 is 0 Å². The van der Waals surface area contributed by atoms with Gasteiger partial charge in [-0.25, -0.2) is 0 Å². The second-order valence-corrected chi connectivity index (χ2v) is 5.56. The quantitative estimate of drug-likeness (QED) is 0.475. The topological polar surface area (TPSA) is 17.1 Å². The molecular formula is C16H26O. The molecule has 0 aromatic carbocycles. The minimum absolute atomic E-state index is 0.713. The molecule has 96 valence electrons. The zero-order valence-corrected chi connectivity index (χ0v) is 11.5. The van der Waals surface area contributed by atoms with E-state index in [0.29, 0.717) is 5.92 Å². The Bertz CT molecular complexity index is 299. The Hall–Kier alpha value is -0.850. The van der Waals surface area contributed by atoms with E-state index in [-0.39, 0.29) is 0 Å². The number of allylic oxidation sites excluding steroid dienone is 4. The van der Waals surface area contributed by atoms with Crippen LogP contribution in [0, 0.1) is 11.8 Å². The Labute approximate surface area is 106 Å². The average Bonchev–Trinajstić information content (AvgIpc) is 2.33. The summed E-state index contributed by atoms with van der Waals surface area (Å²) >= 11 is 0. The highest BCUT2D eigenvalue weighted by molar-refractivity contribution is 5.72. The fourth-order valence-electron chi connectivity index (χ4n) is 2.33. The van der Waals surface area contributed by atoms with E-state index in [1.165, 1.54) is 18.4 Å². The van der Waals surface area contributed by atoms with Crippen molar-refractivity contribution in [3.05, 3.63) is 23.3 Å². The second-order valence-electron chi connectivity index (χ2n) is 5.56. The molecular weight excluding hydrogens is 208 g/mol. The predicted octanol–water partition coefficient (Wildman–Crippen LogP) is 4.68. The number of carbonyl (C=O) groups is 1. The molecule has 0 N–H and O–H groups in total. The molecule has 0 saturated heterocycles. The van der Waals surface area contributed by atoms with E-state index < -0.39 is 0 Å². The average molecular weight is 234 g/mol. The molecule has 1 nitrogen and oxygen atoms in total. The molecule has 0 radical (unpaired) electrons. The molecule has 0 aromatic heterocycles. The van der Waals surface area contributed by atoms with Crippen molar-refractivity contribution >= 4 is 6.29 Å². The minimum Gasteiger partial charge on any atom is -0.298 e. The largest absolute Gasteiger partial charge is 0.298 e. The van der Waals surface area contributed by atoms with Crippen molar-refractivity contribution in [2.75, 3.05) is 0 Å². The molecule has 0 amide bonds. The molecule has 1 heteroatoms. The first-order chi connectivity index (χ1) is 8.13. The monoisotopic (exact) mass is 234 g/mol. The summed E-state index contributed by atoms with van der Waals surface area (Å²) in [5.74, 6) is 1.47. The predicted molar refractivity (Wildman–Crippen MR) is 73.9 cm³/mol. The van der Waals surface area contributed by atoms with Crippen LogP contribution in [-0.2, 0) is 4.79 Å². The summed E-state index contributed by atoms with van der Waals surface area (Å²) in [5, 5.41) is 0. The van der Waals surface area contributed by atoms with Crippen LogP contribution in [0.5, 0.6) is 0 Å². The van der Waals surface area contributed by atoms with Gasteiger partial charge in [0.05, 0.1) is 0 Å². The highest BCUT2D eigenvalue weighted by Gasteiger charge is 2.13. The lowest BCUT2D eigenvalue weighted by Gasteiger charge is -2.20. The zero-order chi connectivity index (χ0) is 12.7. The molecule has 1 aliphatic rings. The summed E-state index contributed by atoms with van der Waals surface area (Å²) < 4.78 is 0. The lowest BCUT2D eigenvalue weighted by atomic mass is 9.85. The smallest absolute Gasteiger partial charge is 0.145 e. The maximum atomic E-state index is 10.9. The maximum Gasteiger partial charge on any atom is 0.145 e. The van der Waals surface area contributed by atoms with Gasteiger partial charge in [-0.05, 0) is 62.9 Å². The van der Waals surface area contributed by atoms with Crippen molar-refractivity contribution < 1.29 is 4.79 Å². The molecule has 0 saturated carbocycles. The molecule has 0 aromatic rings. The van der Waals surface area contributed by atoms with E-state index in [1.807, 2.05) is 0 Å². The first kappa shape index (κ1) is 14.2. The first-order valence-corrected chi connectivity index (χ1v) is 6.93. The summed E-state index contributed by atoms with van der Waals surface area (Å²) in [4.78, 5) is 10.9. The number of hydrogen-bond acceptors (Lipinski definition) is 1. The van der Waals surface area contributed by atoms with Gasteiger partial charge in [-0.2, -0.15) is 0 Å². The Kier molecular flexibility index (Phi) is 6.25. The van der Waals surface area contributed by atoms with Gasteiger partial charge in [-0.3, -0.25) is 4.79 Å². The van der Waals surface area contributed by atoms with E-state index in [9.17, 15) is 4.79 Å². The van der Waals surface area contributed by atoms with Gasteiger partial charge < -0.3 is 0 Å². The van der Waals surface area contributed by atoms with Gasteiger partial charge in [0, 0.05) is 0 Å². The van der Waals surface area contributed by atoms with Crippen LogP contribution in [0.2, 0.25) is 0 Å². The second kappa shape index (κ2) is 7.47. The fourth-order valence-corrected chi connectivity index (χ4v) is 2.33. The maximum absolute atomic E-state index is 10.9. The molecule has 1 rings (SSSR count). The molecule has 0 fully saturated rings. The van der Waals surface area contributed by atoms with Crippen molar-refractivity contribution in [2.24, 2.45) is 11.8 Å². The number of rotatable bonds is 1. The van der Waals surface area contributed by atoms with E-state index in [0.717, 1.165) is 43.5 Å². The minimum atomic E-state index is 0.713. The molecule has 1 aliphatic carbocycles. The number of aldehydes is 1. The van der Waals surface area contributed by atoms with Crippen LogP contribution in [0.3, 0.4) is 0 Å². The van der Waals surface area contributed by atoms with E-state index in [4.69, 9.17) is 0 Å². The van der Waals surface area contributed by atoms with Crippen molar-refractivity contribution in [3.8, 4) is 0 Å². The molecule has 0 unspecified atom stereocenters. The van der Waals surface area contributed by atoms with Crippen LogP contribution in [-0.4, -0.2) is 6.29 Å². The molecule has 0 bridgehead atoms. The fraction of sp³-hybridized carbons (Fsp3) is 0.688. The molecule has 0 aliphatic heterocycles. The van der Waals surface area contributed by atoms with E-state index >= 15 is 0 Å². The van der Waals surface area contributed by atoms with Crippen molar-refractivity contribution in [1.82, 2.24) is 0 Å². The van der Waals surface area contributed by atoms with Crippen LogP contribution < -0.4 is 0 Å². The standard InChI is InChI=1S/C16H26O/c1-13-6-4-5-7-16(12-17)11-10-15(3)14(2)9-8-13/h6-7,12,14-15H,4-5,8-11H2,1-3H3/b13-6+,16-7-/t14-,15+/m1/s1. The van der Waals surface area contributed by atoms with Gasteiger partial charge in [0.25, 0.3) is 0 Å². The number of carbonyl (C=O) groups excluding carboxylic acids is 1. The van der Waals surface area contributed by atoms with Crippen molar-refractivity contribution in [1.29, 1.82) is 0 Å². The Morgan fingerprint density at radius 1 is 1.06 bits per heavy atom. The summed E-state index contributed by atoms with van der Waals surface area (Å²) in [7, 11) is 0. The molecule has 0 heterocycles. The summed E-state index contributed by atoms with van der Waals surface area (Å²) in [6, 6.07) is 0. The lowest BCUT2D eigenvalue weighted by molar-refractivity contribution is -0.105. The van der Waals surface area contributed by atoms with E-state index in [1.54, 1.807) is 0 Å². The SMILES string of the molecule is C/C1=C\CC/C=C(\C=O)CC[C@H](C)[C@H](C)CC1. The molecule has 2 atom stereocenters. The van der Waals surface area contributed by atoms with Gasteiger partial charge in [0.1, 0.15) is 6.29 Å².